The van der Waals surface area contributed by atoms with Crippen LogP contribution < -0.4 is 5.73 Å². The van der Waals surface area contributed by atoms with Gasteiger partial charge in [0.2, 0.25) is 5.66 Å². The summed E-state index contributed by atoms with van der Waals surface area (Å²) in [4.78, 5) is 19.6. The van der Waals surface area contributed by atoms with Gasteiger partial charge < -0.3 is 10.8 Å². The normalized spacial score (nSPS) is 16.4. The Morgan fingerprint density at radius 1 is 1.62 bits per heavy atom. The molecule has 3 atom stereocenters. The van der Waals surface area contributed by atoms with Crippen LogP contribution in [0.1, 0.15) is 19.8 Å². The minimum absolute atomic E-state index is 0.232. The lowest BCUT2D eigenvalue weighted by atomic mass is 10.00. The summed E-state index contributed by atoms with van der Waals surface area (Å²) in [6.45, 7) is 1.91. The highest BCUT2D eigenvalue weighted by molar-refractivity contribution is 7.39. The average Bonchev–Trinajstić information content (AvgIpc) is 2.03. The molecule has 6 heteroatoms. The van der Waals surface area contributed by atoms with Crippen molar-refractivity contribution in [2.24, 2.45) is 11.7 Å². The maximum absolute atomic E-state index is 10.8. The molecule has 0 aromatic rings. The predicted octanol–water partition coefficient (Wildman–Crippen LogP) is 0.549. The largest absolute Gasteiger partial charge is 0.509 e. The van der Waals surface area contributed by atoms with Crippen LogP contribution in [0, 0.1) is 5.92 Å². The molecule has 3 unspecified atom stereocenters. The molecule has 0 aromatic heterocycles. The highest BCUT2D eigenvalue weighted by Crippen LogP contribution is 2.33. The molecule has 0 aromatic carbocycles. The van der Waals surface area contributed by atoms with Gasteiger partial charge in [-0.15, -0.1) is 0 Å². The maximum atomic E-state index is 10.8. The van der Waals surface area contributed by atoms with Gasteiger partial charge in [-0.05, 0) is 17.5 Å². The highest BCUT2D eigenvalue weighted by atomic mass is 31.1. The van der Waals surface area contributed by atoms with Crippen LogP contribution in [0.5, 0.6) is 0 Å². The van der Waals surface area contributed by atoms with Crippen molar-refractivity contribution in [1.82, 2.24) is 0 Å². The van der Waals surface area contributed by atoms with Crippen molar-refractivity contribution in [1.29, 1.82) is 0 Å². The summed E-state index contributed by atoms with van der Waals surface area (Å²) in [6.07, 6.45) is 0.623. The number of hydrogen-bond donors (Lipinski definition) is 3. The van der Waals surface area contributed by atoms with E-state index in [1.54, 1.807) is 6.92 Å². The predicted molar refractivity (Wildman–Crippen MR) is 48.7 cm³/mol. The molecule has 0 rings (SSSR count). The quantitative estimate of drug-likeness (QED) is 0.553. The number of nitrogens with two attached hydrogens (primary N) is 1. The van der Waals surface area contributed by atoms with Crippen LogP contribution in [0.3, 0.4) is 0 Å². The second-order valence-electron chi connectivity index (χ2n) is 2.80. The molecule has 13 heavy (non-hydrogen) atoms. The van der Waals surface area contributed by atoms with E-state index in [4.69, 9.17) is 15.7 Å². The minimum atomic E-state index is -2.46. The van der Waals surface area contributed by atoms with E-state index in [1.165, 1.54) is 0 Å². The molecular formula is C7H15NO4P+. The summed E-state index contributed by atoms with van der Waals surface area (Å²) in [5.74, 6) is -1.80. The first-order chi connectivity index (χ1) is 6.04. The molecule has 0 aliphatic rings. The fourth-order valence-electron chi connectivity index (χ4n) is 1.25. The Bertz CT molecular complexity index is 197. The van der Waals surface area contributed by atoms with E-state index in [-0.39, 0.29) is 13.0 Å². The van der Waals surface area contributed by atoms with E-state index < -0.39 is 25.6 Å². The molecule has 0 aliphatic heterocycles. The molecule has 0 spiro atoms. The maximum Gasteiger partial charge on any atom is 0.509 e. The number of aliphatic carboxylic acids is 1. The molecule has 0 fully saturated rings. The van der Waals surface area contributed by atoms with Crippen molar-refractivity contribution in [3.8, 4) is 0 Å². The zero-order valence-corrected chi connectivity index (χ0v) is 8.41. The monoisotopic (exact) mass is 208 g/mol. The summed E-state index contributed by atoms with van der Waals surface area (Å²) in [6, 6.07) is 0. The molecule has 4 N–H and O–H groups in total. The number of carbonyl (C=O) groups is 1. The van der Waals surface area contributed by atoms with Gasteiger partial charge in [0, 0.05) is 6.42 Å². The number of carboxylic acid groups (broad SMARTS) is 1. The zero-order valence-electron chi connectivity index (χ0n) is 7.51. The van der Waals surface area contributed by atoms with Gasteiger partial charge in [0.25, 0.3) is 0 Å². The topological polar surface area (TPSA) is 101 Å². The van der Waals surface area contributed by atoms with Gasteiger partial charge in [-0.1, -0.05) is 6.92 Å². The minimum Gasteiger partial charge on any atom is -0.481 e. The summed E-state index contributed by atoms with van der Waals surface area (Å²) in [7, 11) is -2.46. The Morgan fingerprint density at radius 3 is 2.38 bits per heavy atom. The smallest absolute Gasteiger partial charge is 0.481 e. The van der Waals surface area contributed by atoms with Gasteiger partial charge in [-0.2, -0.15) is 4.89 Å². The fourth-order valence-corrected chi connectivity index (χ4v) is 2.26. The number of rotatable bonds is 6. The fraction of sp³-hybridized carbons (Fsp3) is 0.857. The summed E-state index contributed by atoms with van der Waals surface area (Å²) < 4.78 is 10.8. The van der Waals surface area contributed by atoms with E-state index in [9.17, 15) is 9.36 Å². The summed E-state index contributed by atoms with van der Waals surface area (Å²) in [5, 5.41) is 8.74. The Labute approximate surface area is 77.8 Å². The molecule has 5 nitrogen and oxygen atoms in total. The Hall–Kier alpha value is -0.510. The summed E-state index contributed by atoms with van der Waals surface area (Å²) in [5.41, 5.74) is 4.51. The Kier molecular flexibility index (Phi) is 5.79. The molecule has 0 saturated carbocycles. The molecule has 0 bridgehead atoms. The standard InChI is InChI=1S/C7H14NO4P/c1-2-5(7(9)10)6(3-4-8)13(11)12/h5-6H,2-4,8H2,1H3,(H-,9,10,11,12)/p+1. The van der Waals surface area contributed by atoms with Crippen molar-refractivity contribution in [2.75, 3.05) is 6.54 Å². The van der Waals surface area contributed by atoms with Crippen LogP contribution in [0.4, 0.5) is 0 Å². The van der Waals surface area contributed by atoms with Crippen LogP contribution in [0.15, 0.2) is 0 Å². The Morgan fingerprint density at radius 2 is 2.15 bits per heavy atom. The molecule has 0 heterocycles. The molecule has 0 aliphatic carbocycles. The number of carboxylic acids is 1. The zero-order chi connectivity index (χ0) is 10.4. The molecule has 0 saturated heterocycles. The van der Waals surface area contributed by atoms with Gasteiger partial charge >= 0.3 is 14.0 Å². The lowest BCUT2D eigenvalue weighted by Gasteiger charge is -2.10. The number of hydrogen-bond acceptors (Lipinski definition) is 3. The lowest BCUT2D eigenvalue weighted by molar-refractivity contribution is -0.141. The van der Waals surface area contributed by atoms with Crippen LogP contribution in [-0.2, 0) is 9.36 Å². The third kappa shape index (κ3) is 3.81. The van der Waals surface area contributed by atoms with E-state index in [1.807, 2.05) is 0 Å². The van der Waals surface area contributed by atoms with Crippen molar-refractivity contribution >= 4 is 14.0 Å². The van der Waals surface area contributed by atoms with Crippen LogP contribution in [0.25, 0.3) is 0 Å². The third-order valence-corrected chi connectivity index (χ3v) is 3.15. The Balaban J connectivity index is 4.48. The van der Waals surface area contributed by atoms with Crippen molar-refractivity contribution in [3.63, 3.8) is 0 Å². The van der Waals surface area contributed by atoms with Crippen molar-refractivity contribution in [3.05, 3.63) is 0 Å². The first-order valence-electron chi connectivity index (χ1n) is 4.12. The van der Waals surface area contributed by atoms with Gasteiger partial charge in [-0.3, -0.25) is 4.79 Å². The van der Waals surface area contributed by atoms with Crippen molar-refractivity contribution in [2.45, 2.75) is 25.4 Å². The van der Waals surface area contributed by atoms with Crippen LogP contribution in [0.2, 0.25) is 0 Å². The van der Waals surface area contributed by atoms with Gasteiger partial charge in [-0.25, -0.2) is 0 Å². The lowest BCUT2D eigenvalue weighted by Crippen LogP contribution is -2.27. The van der Waals surface area contributed by atoms with Gasteiger partial charge in [0.1, 0.15) is 5.92 Å². The van der Waals surface area contributed by atoms with Crippen LogP contribution >= 0.6 is 8.03 Å². The third-order valence-electron chi connectivity index (χ3n) is 1.97. The van der Waals surface area contributed by atoms with E-state index >= 15 is 0 Å². The van der Waals surface area contributed by atoms with E-state index in [0.29, 0.717) is 6.42 Å². The summed E-state index contributed by atoms with van der Waals surface area (Å²) >= 11 is 0. The molecule has 76 valence electrons. The SMILES string of the molecule is CCC(C(=O)O)C(CCN)[P+](=O)O. The van der Waals surface area contributed by atoms with E-state index in [0.717, 1.165) is 0 Å². The second-order valence-corrected chi connectivity index (χ2v) is 4.07. The first kappa shape index (κ1) is 12.5. The van der Waals surface area contributed by atoms with Gasteiger partial charge in [0.15, 0.2) is 0 Å². The molecule has 0 amide bonds. The molecular weight excluding hydrogens is 193 g/mol. The van der Waals surface area contributed by atoms with Gasteiger partial charge in [0.05, 0.1) is 0 Å². The first-order valence-corrected chi connectivity index (χ1v) is 5.40. The second kappa shape index (κ2) is 6.02. The molecule has 0 radical (unpaired) electrons. The van der Waals surface area contributed by atoms with E-state index in [2.05, 4.69) is 0 Å². The average molecular weight is 208 g/mol. The van der Waals surface area contributed by atoms with Crippen LogP contribution in [-0.4, -0.2) is 28.2 Å². The van der Waals surface area contributed by atoms with Crippen molar-refractivity contribution < 1.29 is 19.4 Å². The highest BCUT2D eigenvalue weighted by Gasteiger charge is 2.40.